The average molecular weight is 280 g/mol. The first kappa shape index (κ1) is 13.1. The number of anilines is 1. The van der Waals surface area contributed by atoms with E-state index in [1.54, 1.807) is 24.3 Å². The molecule has 0 aliphatic carbocycles. The maximum Gasteiger partial charge on any atom is 0.232 e. The van der Waals surface area contributed by atoms with Gasteiger partial charge >= 0.3 is 0 Å². The van der Waals surface area contributed by atoms with Crippen molar-refractivity contribution in [1.29, 1.82) is 0 Å². The number of pyridine rings is 1. The lowest BCUT2D eigenvalue weighted by Gasteiger charge is -2.05. The molecule has 0 bridgehead atoms. The van der Waals surface area contributed by atoms with Gasteiger partial charge in [-0.2, -0.15) is 4.98 Å². The molecule has 2 aromatic heterocycles. The van der Waals surface area contributed by atoms with Crippen LogP contribution in [0.4, 0.5) is 5.82 Å². The molecule has 0 amide bonds. The van der Waals surface area contributed by atoms with Gasteiger partial charge in [0.2, 0.25) is 11.1 Å². The molecule has 0 saturated carbocycles. The number of carbonyl (C=O) groups excluding carboxylic acids is 1. The van der Waals surface area contributed by atoms with Crippen LogP contribution in [0, 0.1) is 0 Å². The highest BCUT2D eigenvalue weighted by molar-refractivity contribution is 6.02. The zero-order valence-electron chi connectivity index (χ0n) is 11.3. The second-order valence-electron chi connectivity index (χ2n) is 4.72. The minimum atomic E-state index is -0.249. The Bertz CT molecular complexity index is 971. The number of benzene rings is 1. The Labute approximate surface area is 119 Å². The molecule has 0 spiro atoms. The number of nitrogens with two attached hydrogens (primary N) is 1. The van der Waals surface area contributed by atoms with E-state index in [0.29, 0.717) is 11.0 Å². The summed E-state index contributed by atoms with van der Waals surface area (Å²) in [5.41, 5.74) is 7.04. The van der Waals surface area contributed by atoms with Gasteiger partial charge < -0.3 is 10.2 Å². The number of fused-ring (bicyclic) bond motifs is 2. The number of rotatable bonds is 2. The lowest BCUT2D eigenvalue weighted by atomic mass is 10.1. The fourth-order valence-electron chi connectivity index (χ4n) is 2.22. The molecule has 3 rings (SSSR count). The van der Waals surface area contributed by atoms with Gasteiger partial charge in [-0.25, -0.2) is 0 Å². The Morgan fingerprint density at radius 3 is 2.76 bits per heavy atom. The molecule has 0 saturated heterocycles. The Balaban J connectivity index is 2.48. The zero-order valence-corrected chi connectivity index (χ0v) is 11.3. The zero-order chi connectivity index (χ0) is 15.1. The average Bonchev–Trinajstić information content (AvgIpc) is 2.46. The number of hydrogen-bond acceptors (Lipinski definition) is 5. The summed E-state index contributed by atoms with van der Waals surface area (Å²) in [7, 11) is 0. The summed E-state index contributed by atoms with van der Waals surface area (Å²) in [5, 5.41) is 0.657. The van der Waals surface area contributed by atoms with Crippen molar-refractivity contribution >= 4 is 39.7 Å². The van der Waals surface area contributed by atoms with Gasteiger partial charge in [-0.3, -0.25) is 9.59 Å². The summed E-state index contributed by atoms with van der Waals surface area (Å²) in [6.07, 6.45) is 1.64. The van der Waals surface area contributed by atoms with Gasteiger partial charge in [-0.15, -0.1) is 0 Å². The first-order valence-corrected chi connectivity index (χ1v) is 6.31. The number of carbonyl (C=O) groups is 1. The second kappa shape index (κ2) is 4.56. The molecule has 5 heteroatoms. The van der Waals surface area contributed by atoms with Crippen LogP contribution in [0.2, 0.25) is 0 Å². The van der Waals surface area contributed by atoms with E-state index in [4.69, 9.17) is 10.2 Å². The van der Waals surface area contributed by atoms with Crippen molar-refractivity contribution < 1.29 is 9.21 Å². The van der Waals surface area contributed by atoms with Crippen molar-refractivity contribution in [1.82, 2.24) is 4.98 Å². The molecule has 0 aliphatic rings. The molecule has 2 heterocycles. The quantitative estimate of drug-likeness (QED) is 0.576. The first-order valence-electron chi connectivity index (χ1n) is 6.31. The maximum atomic E-state index is 12.6. The third kappa shape index (κ3) is 1.99. The van der Waals surface area contributed by atoms with E-state index in [-0.39, 0.29) is 33.7 Å². The number of nitrogens with zero attached hydrogens (tertiary/aromatic N) is 1. The third-order valence-electron chi connectivity index (χ3n) is 3.33. The van der Waals surface area contributed by atoms with Crippen LogP contribution in [-0.2, 0) is 0 Å². The van der Waals surface area contributed by atoms with Crippen molar-refractivity contribution in [2.75, 3.05) is 5.73 Å². The Hall–Kier alpha value is -2.95. The van der Waals surface area contributed by atoms with E-state index in [1.807, 2.05) is 0 Å². The van der Waals surface area contributed by atoms with E-state index in [1.165, 1.54) is 13.0 Å². The van der Waals surface area contributed by atoms with Crippen LogP contribution in [0.15, 0.2) is 40.1 Å². The van der Waals surface area contributed by atoms with Crippen LogP contribution in [-0.4, -0.2) is 10.8 Å². The Kier molecular flexibility index (Phi) is 2.83. The Morgan fingerprint density at radius 2 is 2.10 bits per heavy atom. The van der Waals surface area contributed by atoms with Gasteiger partial charge in [0.1, 0.15) is 11.4 Å². The van der Waals surface area contributed by atoms with Crippen LogP contribution in [0.3, 0.4) is 0 Å². The molecule has 0 unspecified atom stereocenters. The van der Waals surface area contributed by atoms with Crippen LogP contribution in [0.1, 0.15) is 22.8 Å². The summed E-state index contributed by atoms with van der Waals surface area (Å²) in [5.74, 6) is -0.193. The normalized spacial score (nSPS) is 10.9. The van der Waals surface area contributed by atoms with Crippen LogP contribution in [0.25, 0.3) is 28.1 Å². The van der Waals surface area contributed by atoms with E-state index in [0.717, 1.165) is 5.56 Å². The molecular weight excluding hydrogens is 268 g/mol. The van der Waals surface area contributed by atoms with E-state index >= 15 is 0 Å². The number of hydrogen-bond donors (Lipinski definition) is 1. The molecule has 0 fully saturated rings. The summed E-state index contributed by atoms with van der Waals surface area (Å²) in [6.45, 7) is 5.05. The fourth-order valence-corrected chi connectivity index (χ4v) is 2.22. The number of ketones is 1. The van der Waals surface area contributed by atoms with Crippen molar-refractivity contribution in [3.05, 3.63) is 52.2 Å². The maximum absolute atomic E-state index is 12.6. The van der Waals surface area contributed by atoms with Crippen molar-refractivity contribution in [2.45, 2.75) is 6.92 Å². The highest BCUT2D eigenvalue weighted by Crippen LogP contribution is 2.22. The summed E-state index contributed by atoms with van der Waals surface area (Å²) >= 11 is 0. The van der Waals surface area contributed by atoms with Crippen LogP contribution < -0.4 is 11.2 Å². The van der Waals surface area contributed by atoms with E-state index < -0.39 is 0 Å². The monoisotopic (exact) mass is 280 g/mol. The van der Waals surface area contributed by atoms with Gasteiger partial charge in [0, 0.05) is 0 Å². The first-order chi connectivity index (χ1) is 10.0. The summed E-state index contributed by atoms with van der Waals surface area (Å²) < 4.78 is 5.61. The van der Waals surface area contributed by atoms with Gasteiger partial charge in [0.05, 0.1) is 16.3 Å². The molecule has 21 heavy (non-hydrogen) atoms. The smallest absolute Gasteiger partial charge is 0.232 e. The van der Waals surface area contributed by atoms with Gasteiger partial charge in [0.15, 0.2) is 5.78 Å². The molecule has 0 radical (unpaired) electrons. The molecule has 0 atom stereocenters. The van der Waals surface area contributed by atoms with Gasteiger partial charge in [-0.05, 0) is 30.7 Å². The number of Topliss-reactive ketones (excluding diaryl/α,β-unsaturated/α-hetero) is 1. The predicted molar refractivity (Wildman–Crippen MR) is 82.3 cm³/mol. The molecule has 5 nitrogen and oxygen atoms in total. The lowest BCUT2D eigenvalue weighted by molar-refractivity contribution is 0.101. The van der Waals surface area contributed by atoms with Crippen LogP contribution >= 0.6 is 0 Å². The molecular formula is C16H12N2O3. The summed E-state index contributed by atoms with van der Waals surface area (Å²) in [4.78, 5) is 28.1. The van der Waals surface area contributed by atoms with Crippen LogP contribution in [0.5, 0.6) is 0 Å². The number of aromatic nitrogens is 1. The minimum Gasteiger partial charge on any atom is -0.437 e. The topological polar surface area (TPSA) is 86.2 Å². The largest absolute Gasteiger partial charge is 0.437 e. The van der Waals surface area contributed by atoms with Crippen molar-refractivity contribution in [2.24, 2.45) is 0 Å². The fraction of sp³-hybridized carbons (Fsp3) is 0.0625. The highest BCUT2D eigenvalue weighted by atomic mass is 16.3. The molecule has 104 valence electrons. The number of nitrogen functional groups attached to an aromatic ring is 1. The molecule has 0 aliphatic heterocycles. The van der Waals surface area contributed by atoms with Crippen molar-refractivity contribution in [3.63, 3.8) is 0 Å². The minimum absolute atomic E-state index is 0.0558. The van der Waals surface area contributed by atoms with Gasteiger partial charge in [0.25, 0.3) is 0 Å². The standard InChI is InChI=1S/C16H12N2O3/c1-3-9-4-5-13-11(6-9)14(20)12-7-10(8(2)19)15(17)18-16(12)21-13/h3-7H,1H2,2H3,(H2,17,18). The summed E-state index contributed by atoms with van der Waals surface area (Å²) in [6, 6.07) is 6.60. The third-order valence-corrected chi connectivity index (χ3v) is 3.33. The van der Waals surface area contributed by atoms with Gasteiger partial charge in [-0.1, -0.05) is 18.7 Å². The second-order valence-corrected chi connectivity index (χ2v) is 4.72. The van der Waals surface area contributed by atoms with Crippen molar-refractivity contribution in [3.8, 4) is 0 Å². The van der Waals surface area contributed by atoms with E-state index in [9.17, 15) is 9.59 Å². The lowest BCUT2D eigenvalue weighted by Crippen LogP contribution is -2.08. The molecule has 3 aromatic rings. The molecule has 1 aromatic carbocycles. The Morgan fingerprint density at radius 1 is 1.33 bits per heavy atom. The molecule has 2 N–H and O–H groups in total. The van der Waals surface area contributed by atoms with E-state index in [2.05, 4.69) is 11.6 Å². The highest BCUT2D eigenvalue weighted by Gasteiger charge is 2.14. The predicted octanol–water partition coefficient (Wildman–Crippen LogP) is 2.77. The SMILES string of the molecule is C=Cc1ccc2oc3nc(N)c(C(C)=O)cc3c(=O)c2c1.